The number of imidazole rings is 1. The molecule has 12 heteroatoms. The lowest BCUT2D eigenvalue weighted by Crippen LogP contribution is -2.05. The van der Waals surface area contributed by atoms with Crippen LogP contribution in [0, 0.1) is 0 Å². The van der Waals surface area contributed by atoms with Gasteiger partial charge in [0.15, 0.2) is 28.2 Å². The van der Waals surface area contributed by atoms with Crippen LogP contribution in [0.3, 0.4) is 0 Å². The van der Waals surface area contributed by atoms with E-state index in [2.05, 4.69) is 20.1 Å². The molecule has 0 aliphatic heterocycles. The summed E-state index contributed by atoms with van der Waals surface area (Å²) in [5, 5.41) is 5.13. The molecule has 1 atom stereocenters. The Morgan fingerprint density at radius 1 is 1.03 bits per heavy atom. The van der Waals surface area contributed by atoms with Crippen LogP contribution in [0.15, 0.2) is 67.1 Å². The van der Waals surface area contributed by atoms with Gasteiger partial charge in [-0.2, -0.15) is 18.3 Å². The Morgan fingerprint density at radius 2 is 1.78 bits per heavy atom. The van der Waals surface area contributed by atoms with Crippen LogP contribution >= 0.6 is 0 Å². The normalized spacial score (nSPS) is 12.8. The van der Waals surface area contributed by atoms with Gasteiger partial charge in [-0.3, -0.25) is 0 Å². The minimum absolute atomic E-state index is 0.0381. The van der Waals surface area contributed by atoms with Crippen LogP contribution in [-0.2, 0) is 36.6 Å². The van der Waals surface area contributed by atoms with Gasteiger partial charge in [0.2, 0.25) is 0 Å². The summed E-state index contributed by atoms with van der Waals surface area (Å²) in [4.78, 5) is 12.8. The maximum Gasteiger partial charge on any atom is 0.434 e. The average Bonchev–Trinajstić information content (AvgIpc) is 3.43. The summed E-state index contributed by atoms with van der Waals surface area (Å²) in [7, 11) is 1.52. The van der Waals surface area contributed by atoms with E-state index in [1.165, 1.54) is 11.6 Å². The molecule has 184 valence electrons. The van der Waals surface area contributed by atoms with Crippen molar-refractivity contribution in [3.05, 3.63) is 83.9 Å². The summed E-state index contributed by atoms with van der Waals surface area (Å²) in [6, 6.07) is 14.2. The lowest BCUT2D eigenvalue weighted by atomic mass is 10.1. The molecule has 36 heavy (non-hydrogen) atoms. The highest BCUT2D eigenvalue weighted by molar-refractivity contribution is 7.78. The maximum absolute atomic E-state index is 13.0. The number of aryl methyl sites for hydroxylation is 1. The van der Waals surface area contributed by atoms with Crippen LogP contribution in [0.5, 0.6) is 0 Å². The number of aromatic nitrogens is 6. The van der Waals surface area contributed by atoms with E-state index in [9.17, 15) is 21.9 Å². The number of rotatable bonds is 6. The molecule has 0 aliphatic carbocycles. The first kappa shape index (κ1) is 23.8. The van der Waals surface area contributed by atoms with Gasteiger partial charge in [-0.05, 0) is 11.1 Å². The third-order valence-corrected chi connectivity index (χ3v) is 6.18. The Labute approximate surface area is 205 Å². The Morgan fingerprint density at radius 3 is 2.47 bits per heavy atom. The first-order valence-electron chi connectivity index (χ1n) is 10.7. The molecule has 0 spiro atoms. The summed E-state index contributed by atoms with van der Waals surface area (Å²) in [5.74, 6) is 0.595. The second-order valence-corrected chi connectivity index (χ2v) is 9.08. The minimum atomic E-state index is -4.51. The van der Waals surface area contributed by atoms with Crippen LogP contribution < -0.4 is 0 Å². The predicted molar refractivity (Wildman–Crippen MR) is 128 cm³/mol. The number of nitrogens with zero attached hydrogens (tertiary/aromatic N) is 6. The molecule has 0 saturated carbocycles. The van der Waals surface area contributed by atoms with Crippen molar-refractivity contribution in [3.8, 4) is 22.8 Å². The Balaban J connectivity index is 1.43. The van der Waals surface area contributed by atoms with E-state index in [-0.39, 0.29) is 11.6 Å². The molecule has 1 N–H and O–H groups in total. The van der Waals surface area contributed by atoms with Gasteiger partial charge in [0.05, 0.1) is 23.9 Å². The van der Waals surface area contributed by atoms with Crippen LogP contribution in [-0.4, -0.2) is 38.1 Å². The Kier molecular flexibility index (Phi) is 6.14. The molecule has 0 aliphatic rings. The topological polar surface area (TPSA) is 98.7 Å². The van der Waals surface area contributed by atoms with E-state index in [0.29, 0.717) is 34.7 Å². The first-order chi connectivity index (χ1) is 17.2. The predicted octanol–water partition coefficient (Wildman–Crippen LogP) is 4.68. The van der Waals surface area contributed by atoms with Crippen LogP contribution in [0.25, 0.3) is 33.8 Å². The molecule has 1 unspecified atom stereocenters. The quantitative estimate of drug-likeness (QED) is 0.332. The molecular formula is C24H19F3N6O2S. The fourth-order valence-electron chi connectivity index (χ4n) is 3.91. The monoisotopic (exact) mass is 512 g/mol. The summed E-state index contributed by atoms with van der Waals surface area (Å²) in [6.45, 7) is 0.372. The molecular weight excluding hydrogens is 493 g/mol. The third kappa shape index (κ3) is 4.77. The van der Waals surface area contributed by atoms with Crippen molar-refractivity contribution in [2.24, 2.45) is 7.05 Å². The lowest BCUT2D eigenvalue weighted by molar-refractivity contribution is -0.140. The summed E-state index contributed by atoms with van der Waals surface area (Å²) in [6.07, 6.45) is -0.245. The fraction of sp³-hybridized carbons (Fsp3) is 0.167. The van der Waals surface area contributed by atoms with E-state index in [1.807, 2.05) is 6.07 Å². The standard InChI is InChI=1S/C24H19F3N6O2S/c1-32-13-20(24(25,26)27)30-22(32)16-8-6-15(7-9-16)12-33-23-18(11-29-33)10-28-21(31-23)19-5-3-2-4-17(19)14-36(34)35/h2-11,13H,12,14H2,1H3,(H,34,35). The number of alkyl halides is 3. The van der Waals surface area contributed by atoms with E-state index >= 15 is 0 Å². The SMILES string of the molecule is Cn1cc(C(F)(F)F)nc1-c1ccc(Cn2ncc3cnc(-c4ccccc4CS(=O)O)nc32)cc1. The highest BCUT2D eigenvalue weighted by atomic mass is 32.2. The smallest absolute Gasteiger partial charge is 0.333 e. The number of hydrogen-bond acceptors (Lipinski definition) is 5. The van der Waals surface area contributed by atoms with Gasteiger partial charge < -0.3 is 9.12 Å². The van der Waals surface area contributed by atoms with Crippen molar-refractivity contribution in [2.45, 2.75) is 18.5 Å². The van der Waals surface area contributed by atoms with Gasteiger partial charge in [0.25, 0.3) is 0 Å². The highest BCUT2D eigenvalue weighted by Gasteiger charge is 2.34. The van der Waals surface area contributed by atoms with Crippen molar-refractivity contribution in [2.75, 3.05) is 0 Å². The van der Waals surface area contributed by atoms with E-state index in [4.69, 9.17) is 0 Å². The Hall–Kier alpha value is -3.90. The lowest BCUT2D eigenvalue weighted by Gasteiger charge is -2.08. The van der Waals surface area contributed by atoms with Crippen molar-refractivity contribution < 1.29 is 21.9 Å². The molecule has 3 heterocycles. The van der Waals surface area contributed by atoms with Crippen molar-refractivity contribution in [3.63, 3.8) is 0 Å². The first-order valence-corrected chi connectivity index (χ1v) is 12.0. The van der Waals surface area contributed by atoms with E-state index in [0.717, 1.165) is 17.1 Å². The Bertz CT molecular complexity index is 1580. The van der Waals surface area contributed by atoms with Gasteiger partial charge in [0.1, 0.15) is 5.82 Å². The molecule has 8 nitrogen and oxygen atoms in total. The van der Waals surface area contributed by atoms with Crippen molar-refractivity contribution in [1.29, 1.82) is 0 Å². The zero-order valence-electron chi connectivity index (χ0n) is 18.8. The van der Waals surface area contributed by atoms with E-state index in [1.54, 1.807) is 59.5 Å². The number of fused-ring (bicyclic) bond motifs is 1. The molecule has 3 aromatic heterocycles. The van der Waals surface area contributed by atoms with E-state index < -0.39 is 23.0 Å². The van der Waals surface area contributed by atoms with Gasteiger partial charge in [0, 0.05) is 30.6 Å². The van der Waals surface area contributed by atoms with Crippen LogP contribution in [0.2, 0.25) is 0 Å². The summed E-state index contributed by atoms with van der Waals surface area (Å²) < 4.78 is 62.7. The second kappa shape index (κ2) is 9.28. The number of halogens is 3. The molecule has 0 amide bonds. The number of benzene rings is 2. The maximum atomic E-state index is 13.0. The fourth-order valence-corrected chi connectivity index (χ4v) is 4.43. The van der Waals surface area contributed by atoms with Gasteiger partial charge >= 0.3 is 6.18 Å². The van der Waals surface area contributed by atoms with Gasteiger partial charge in [-0.15, -0.1) is 0 Å². The zero-order chi connectivity index (χ0) is 25.4. The summed E-state index contributed by atoms with van der Waals surface area (Å²) in [5.41, 5.74) is 2.39. The van der Waals surface area contributed by atoms with Crippen LogP contribution in [0.1, 0.15) is 16.8 Å². The number of hydrogen-bond donors (Lipinski definition) is 1. The zero-order valence-corrected chi connectivity index (χ0v) is 19.7. The second-order valence-electron chi connectivity index (χ2n) is 8.15. The molecule has 0 fully saturated rings. The van der Waals surface area contributed by atoms with Crippen LogP contribution in [0.4, 0.5) is 13.2 Å². The van der Waals surface area contributed by atoms with Gasteiger partial charge in [-0.25, -0.2) is 23.8 Å². The van der Waals surface area contributed by atoms with Crippen molar-refractivity contribution in [1.82, 2.24) is 29.3 Å². The summed E-state index contributed by atoms with van der Waals surface area (Å²) >= 11 is -2.01. The minimum Gasteiger partial charge on any atom is -0.333 e. The van der Waals surface area contributed by atoms with Crippen molar-refractivity contribution >= 4 is 22.1 Å². The van der Waals surface area contributed by atoms with Gasteiger partial charge in [-0.1, -0.05) is 48.5 Å². The third-order valence-electron chi connectivity index (χ3n) is 5.63. The average molecular weight is 513 g/mol. The highest BCUT2D eigenvalue weighted by Crippen LogP contribution is 2.31. The molecule has 0 radical (unpaired) electrons. The molecule has 5 rings (SSSR count). The molecule has 5 aromatic rings. The largest absolute Gasteiger partial charge is 0.434 e. The molecule has 0 saturated heterocycles. The molecule has 2 aromatic carbocycles. The molecule has 0 bridgehead atoms.